The Labute approximate surface area is 170 Å². The highest BCUT2D eigenvalue weighted by Crippen LogP contribution is 2.23. The molecule has 3 rings (SSSR count). The smallest absolute Gasteiger partial charge is 0.236 e. The van der Waals surface area contributed by atoms with E-state index in [4.69, 9.17) is 0 Å². The van der Waals surface area contributed by atoms with Gasteiger partial charge in [-0.25, -0.2) is 4.98 Å². The van der Waals surface area contributed by atoms with Crippen LogP contribution in [-0.4, -0.2) is 88.6 Å². The first-order valence-corrected chi connectivity index (χ1v) is 10.4. The Morgan fingerprint density at radius 3 is 2.36 bits per heavy atom. The summed E-state index contributed by atoms with van der Waals surface area (Å²) in [5, 5.41) is 0.808. The van der Waals surface area contributed by atoms with Gasteiger partial charge in [0.2, 0.25) is 11.8 Å². The fourth-order valence-corrected chi connectivity index (χ4v) is 4.08. The third kappa shape index (κ3) is 4.94. The Morgan fingerprint density at radius 1 is 1.07 bits per heavy atom. The van der Waals surface area contributed by atoms with Gasteiger partial charge < -0.3 is 14.7 Å². The van der Waals surface area contributed by atoms with Crippen molar-refractivity contribution in [3.05, 3.63) is 42.2 Å². The lowest BCUT2D eigenvalue weighted by Crippen LogP contribution is -2.52. The van der Waals surface area contributed by atoms with Crippen molar-refractivity contribution < 1.29 is 9.59 Å². The van der Waals surface area contributed by atoms with E-state index >= 15 is 0 Å². The molecule has 1 fully saturated rings. The number of piperazine rings is 1. The molecule has 8 heteroatoms. The number of thioether (sulfide) groups is 1. The maximum atomic E-state index is 12.6. The maximum Gasteiger partial charge on any atom is 0.236 e. The van der Waals surface area contributed by atoms with Crippen LogP contribution in [-0.2, 0) is 9.59 Å². The van der Waals surface area contributed by atoms with E-state index in [9.17, 15) is 9.59 Å². The molecule has 7 nitrogen and oxygen atoms in total. The molecule has 0 saturated carbocycles. The quantitative estimate of drug-likeness (QED) is 0.687. The Hall–Kier alpha value is -2.32. The second-order valence-corrected chi connectivity index (χ2v) is 8.10. The molecule has 1 aliphatic rings. The summed E-state index contributed by atoms with van der Waals surface area (Å²) < 4.78 is 2.02. The molecule has 28 heavy (non-hydrogen) atoms. The Morgan fingerprint density at radius 2 is 1.71 bits per heavy atom. The zero-order chi connectivity index (χ0) is 20.1. The SMILES string of the molecule is Cc1ccccc1-n1ccnc1SCC(=O)N1CCN(C(=O)CN(C)C)CC1. The van der Waals surface area contributed by atoms with Crippen molar-refractivity contribution >= 4 is 23.6 Å². The molecule has 0 atom stereocenters. The highest BCUT2D eigenvalue weighted by atomic mass is 32.2. The number of hydrogen-bond donors (Lipinski definition) is 0. The number of aryl methyl sites for hydroxylation is 1. The first kappa shape index (κ1) is 20.4. The molecule has 1 aromatic heterocycles. The van der Waals surface area contributed by atoms with Crippen LogP contribution in [0.4, 0.5) is 0 Å². The molecule has 0 spiro atoms. The Bertz CT molecular complexity index is 828. The van der Waals surface area contributed by atoms with E-state index in [0.29, 0.717) is 38.5 Å². The van der Waals surface area contributed by atoms with Crippen molar-refractivity contribution in [2.45, 2.75) is 12.1 Å². The van der Waals surface area contributed by atoms with Crippen LogP contribution in [0.1, 0.15) is 5.56 Å². The monoisotopic (exact) mass is 401 g/mol. The van der Waals surface area contributed by atoms with E-state index in [1.807, 2.05) is 57.8 Å². The van der Waals surface area contributed by atoms with Crippen LogP contribution >= 0.6 is 11.8 Å². The fourth-order valence-electron chi connectivity index (χ4n) is 3.21. The van der Waals surface area contributed by atoms with Gasteiger partial charge in [-0.2, -0.15) is 0 Å². The van der Waals surface area contributed by atoms with Gasteiger partial charge in [0.1, 0.15) is 0 Å². The predicted octanol–water partition coefficient (Wildman–Crippen LogP) is 1.51. The normalized spacial score (nSPS) is 14.6. The summed E-state index contributed by atoms with van der Waals surface area (Å²) in [4.78, 5) is 34.7. The second kappa shape index (κ2) is 9.25. The first-order chi connectivity index (χ1) is 13.5. The van der Waals surface area contributed by atoms with E-state index in [0.717, 1.165) is 16.4 Å². The van der Waals surface area contributed by atoms with Crippen molar-refractivity contribution in [3.63, 3.8) is 0 Å². The zero-order valence-corrected chi connectivity index (χ0v) is 17.5. The van der Waals surface area contributed by atoms with Crippen molar-refractivity contribution in [3.8, 4) is 5.69 Å². The summed E-state index contributed by atoms with van der Waals surface area (Å²) in [7, 11) is 3.77. The lowest BCUT2D eigenvalue weighted by Gasteiger charge is -2.35. The number of para-hydroxylation sites is 1. The van der Waals surface area contributed by atoms with E-state index in [2.05, 4.69) is 18.0 Å². The summed E-state index contributed by atoms with van der Waals surface area (Å²) in [6.45, 7) is 4.84. The maximum absolute atomic E-state index is 12.6. The molecular formula is C20H27N5O2S. The number of aromatic nitrogens is 2. The van der Waals surface area contributed by atoms with E-state index in [1.165, 1.54) is 11.8 Å². The molecule has 1 aromatic carbocycles. The third-order valence-electron chi connectivity index (χ3n) is 4.74. The van der Waals surface area contributed by atoms with Gasteiger partial charge in [-0.05, 0) is 32.6 Å². The number of rotatable bonds is 6. The van der Waals surface area contributed by atoms with Crippen LogP contribution in [0.25, 0.3) is 5.69 Å². The van der Waals surface area contributed by atoms with Gasteiger partial charge in [0.05, 0.1) is 18.0 Å². The van der Waals surface area contributed by atoms with Gasteiger partial charge in [0.15, 0.2) is 5.16 Å². The summed E-state index contributed by atoms with van der Waals surface area (Å²) >= 11 is 1.45. The van der Waals surface area contributed by atoms with Crippen LogP contribution in [0, 0.1) is 6.92 Å². The standard InChI is InChI=1S/C20H27N5O2S/c1-16-6-4-5-7-17(16)25-9-8-21-20(25)28-15-19(27)24-12-10-23(11-13-24)18(26)14-22(2)3/h4-9H,10-15H2,1-3H3. The van der Waals surface area contributed by atoms with Gasteiger partial charge in [0, 0.05) is 38.6 Å². The Kier molecular flexibility index (Phi) is 6.74. The number of nitrogens with zero attached hydrogens (tertiary/aromatic N) is 5. The molecule has 0 N–H and O–H groups in total. The number of imidazole rings is 1. The van der Waals surface area contributed by atoms with Crippen molar-refractivity contribution in [1.82, 2.24) is 24.3 Å². The third-order valence-corrected chi connectivity index (χ3v) is 5.69. The van der Waals surface area contributed by atoms with Crippen molar-refractivity contribution in [2.75, 3.05) is 52.6 Å². The van der Waals surface area contributed by atoms with Crippen LogP contribution in [0.15, 0.2) is 41.8 Å². The van der Waals surface area contributed by atoms with Gasteiger partial charge in [-0.3, -0.25) is 14.2 Å². The summed E-state index contributed by atoms with van der Waals surface area (Å²) in [5.41, 5.74) is 2.23. The minimum atomic E-state index is 0.0871. The Balaban J connectivity index is 1.53. The van der Waals surface area contributed by atoms with Crippen LogP contribution < -0.4 is 0 Å². The summed E-state index contributed by atoms with van der Waals surface area (Å²) in [6.07, 6.45) is 3.68. The molecule has 0 unspecified atom stereocenters. The number of carbonyl (C=O) groups is 2. The average molecular weight is 402 g/mol. The fraction of sp³-hybridized carbons (Fsp3) is 0.450. The first-order valence-electron chi connectivity index (χ1n) is 9.38. The van der Waals surface area contributed by atoms with E-state index in [-0.39, 0.29) is 11.8 Å². The predicted molar refractivity (Wildman–Crippen MR) is 111 cm³/mol. The number of hydrogen-bond acceptors (Lipinski definition) is 5. The number of carbonyl (C=O) groups excluding carboxylic acids is 2. The minimum Gasteiger partial charge on any atom is -0.338 e. The van der Waals surface area contributed by atoms with Gasteiger partial charge in [-0.1, -0.05) is 30.0 Å². The molecule has 2 aromatic rings. The number of amides is 2. The number of likely N-dealkylation sites (N-methyl/N-ethyl adjacent to an activating group) is 1. The van der Waals surface area contributed by atoms with Crippen LogP contribution in [0.2, 0.25) is 0 Å². The van der Waals surface area contributed by atoms with Gasteiger partial charge >= 0.3 is 0 Å². The summed E-state index contributed by atoms with van der Waals surface area (Å²) in [5.74, 6) is 0.546. The second-order valence-electron chi connectivity index (χ2n) is 7.15. The largest absolute Gasteiger partial charge is 0.338 e. The average Bonchev–Trinajstić information content (AvgIpc) is 3.14. The molecule has 150 valence electrons. The van der Waals surface area contributed by atoms with Gasteiger partial charge in [0.25, 0.3) is 0 Å². The molecule has 2 amide bonds. The molecule has 0 aliphatic carbocycles. The van der Waals surface area contributed by atoms with E-state index in [1.54, 1.807) is 6.20 Å². The highest BCUT2D eigenvalue weighted by Gasteiger charge is 2.24. The molecule has 0 bridgehead atoms. The van der Waals surface area contributed by atoms with Crippen molar-refractivity contribution in [2.24, 2.45) is 0 Å². The minimum absolute atomic E-state index is 0.0871. The zero-order valence-electron chi connectivity index (χ0n) is 16.7. The van der Waals surface area contributed by atoms with Crippen molar-refractivity contribution in [1.29, 1.82) is 0 Å². The number of benzene rings is 1. The molecule has 2 heterocycles. The van der Waals surface area contributed by atoms with Gasteiger partial charge in [-0.15, -0.1) is 0 Å². The molecule has 1 aliphatic heterocycles. The lowest BCUT2D eigenvalue weighted by atomic mass is 10.2. The molecule has 1 saturated heterocycles. The summed E-state index contributed by atoms with van der Waals surface area (Å²) in [6, 6.07) is 8.12. The van der Waals surface area contributed by atoms with E-state index < -0.39 is 0 Å². The lowest BCUT2D eigenvalue weighted by molar-refractivity contribution is -0.138. The molecule has 0 radical (unpaired) electrons. The molecular weight excluding hydrogens is 374 g/mol. The van der Waals surface area contributed by atoms with Crippen LogP contribution in [0.5, 0.6) is 0 Å². The van der Waals surface area contributed by atoms with Crippen LogP contribution in [0.3, 0.4) is 0 Å². The highest BCUT2D eigenvalue weighted by molar-refractivity contribution is 7.99. The topological polar surface area (TPSA) is 61.7 Å².